The maximum atomic E-state index is 13.7. The third kappa shape index (κ3) is 6.15. The van der Waals surface area contributed by atoms with E-state index in [9.17, 15) is 9.50 Å². The normalized spacial score (nSPS) is 19.9. The maximum Gasteiger partial charge on any atom is 0.160 e. The van der Waals surface area contributed by atoms with Gasteiger partial charge < -0.3 is 19.9 Å². The molecule has 0 radical (unpaired) electrons. The minimum absolute atomic E-state index is 0. The summed E-state index contributed by atoms with van der Waals surface area (Å²) in [4.78, 5) is 0. The van der Waals surface area contributed by atoms with E-state index in [0.717, 1.165) is 55.0 Å². The molecule has 32 heavy (non-hydrogen) atoms. The molecule has 0 fully saturated rings. The number of aryl methyl sites for hydroxylation is 2. The van der Waals surface area contributed by atoms with E-state index in [1.165, 1.54) is 11.6 Å². The first-order chi connectivity index (χ1) is 14.9. The quantitative estimate of drug-likeness (QED) is 0.468. The van der Waals surface area contributed by atoms with Gasteiger partial charge in [-0.2, -0.15) is 0 Å². The van der Waals surface area contributed by atoms with Crippen molar-refractivity contribution in [1.82, 2.24) is 5.32 Å². The van der Waals surface area contributed by atoms with Crippen molar-refractivity contribution in [3.8, 4) is 11.5 Å². The number of aliphatic hydroxyl groups is 1. The standard InChI is InChI=1S/C26H36FNO3.ClH/c1-18(2)25-22-9-8-21(27)17-20(22)11-12-26(25,29)13-15-28-14-5-6-19-7-10-23(30-3)24(16-19)31-4;/h7-10,16-18,25,28-29H,5-6,11-15H2,1-4H3;1H/t25-,26-;/m1./s1. The van der Waals surface area contributed by atoms with Crippen molar-refractivity contribution in [3.05, 3.63) is 58.9 Å². The molecule has 2 N–H and O–H groups in total. The van der Waals surface area contributed by atoms with Crippen molar-refractivity contribution in [3.63, 3.8) is 0 Å². The van der Waals surface area contributed by atoms with Gasteiger partial charge in [-0.1, -0.05) is 26.0 Å². The van der Waals surface area contributed by atoms with Gasteiger partial charge in [-0.05, 0) is 92.1 Å². The SMILES string of the molecule is COc1ccc(CCCNCC[C@]2(O)CCc3cc(F)ccc3[C@H]2C(C)C)cc1OC.Cl. The van der Waals surface area contributed by atoms with Crippen LogP contribution in [-0.2, 0) is 12.8 Å². The lowest BCUT2D eigenvalue weighted by Crippen LogP contribution is -2.45. The highest BCUT2D eigenvalue weighted by atomic mass is 35.5. The summed E-state index contributed by atoms with van der Waals surface area (Å²) >= 11 is 0. The van der Waals surface area contributed by atoms with Crippen LogP contribution in [0.25, 0.3) is 0 Å². The summed E-state index contributed by atoms with van der Waals surface area (Å²) in [5.74, 6) is 1.63. The van der Waals surface area contributed by atoms with Crippen LogP contribution in [0.15, 0.2) is 36.4 Å². The lowest BCUT2D eigenvalue weighted by atomic mass is 9.66. The molecule has 4 nitrogen and oxygen atoms in total. The number of methoxy groups -OCH3 is 2. The predicted octanol–water partition coefficient (Wildman–Crippen LogP) is 5.29. The van der Waals surface area contributed by atoms with Gasteiger partial charge in [-0.15, -0.1) is 12.4 Å². The molecule has 178 valence electrons. The lowest BCUT2D eigenvalue weighted by Gasteiger charge is -2.44. The molecule has 0 amide bonds. The van der Waals surface area contributed by atoms with Gasteiger partial charge in [0, 0.05) is 5.92 Å². The summed E-state index contributed by atoms with van der Waals surface area (Å²) in [5, 5.41) is 15.0. The van der Waals surface area contributed by atoms with Crippen LogP contribution in [0.1, 0.15) is 55.7 Å². The fourth-order valence-electron chi connectivity index (χ4n) is 5.03. The topological polar surface area (TPSA) is 50.7 Å². The third-order valence-corrected chi connectivity index (χ3v) is 6.51. The molecule has 1 aliphatic rings. The summed E-state index contributed by atoms with van der Waals surface area (Å²) in [6.07, 6.45) is 4.06. The zero-order chi connectivity index (χ0) is 22.4. The Morgan fingerprint density at radius 2 is 1.84 bits per heavy atom. The van der Waals surface area contributed by atoms with Crippen LogP contribution in [-0.4, -0.2) is 38.0 Å². The molecule has 6 heteroatoms. The minimum atomic E-state index is -0.755. The molecule has 2 aromatic carbocycles. The number of nitrogens with one attached hydrogen (secondary N) is 1. The third-order valence-electron chi connectivity index (χ3n) is 6.51. The van der Waals surface area contributed by atoms with Crippen LogP contribution in [0, 0.1) is 11.7 Å². The van der Waals surface area contributed by atoms with E-state index in [-0.39, 0.29) is 24.1 Å². The van der Waals surface area contributed by atoms with Crippen molar-refractivity contribution < 1.29 is 19.0 Å². The van der Waals surface area contributed by atoms with Crippen molar-refractivity contribution in [2.45, 2.75) is 57.5 Å². The predicted molar refractivity (Wildman–Crippen MR) is 130 cm³/mol. The molecule has 0 bridgehead atoms. The Bertz CT molecular complexity index is 876. The number of benzene rings is 2. The van der Waals surface area contributed by atoms with Crippen LogP contribution in [0.3, 0.4) is 0 Å². The van der Waals surface area contributed by atoms with Crippen LogP contribution in [0.2, 0.25) is 0 Å². The van der Waals surface area contributed by atoms with E-state index in [4.69, 9.17) is 9.47 Å². The highest BCUT2D eigenvalue weighted by Crippen LogP contribution is 2.45. The first-order valence-electron chi connectivity index (χ1n) is 11.3. The zero-order valence-electron chi connectivity index (χ0n) is 19.6. The van der Waals surface area contributed by atoms with Gasteiger partial charge in [0.25, 0.3) is 0 Å². The number of hydrogen-bond donors (Lipinski definition) is 2. The van der Waals surface area contributed by atoms with Gasteiger partial charge in [-0.25, -0.2) is 4.39 Å². The van der Waals surface area contributed by atoms with E-state index in [1.807, 2.05) is 18.2 Å². The molecule has 0 unspecified atom stereocenters. The molecule has 0 spiro atoms. The fraction of sp³-hybridized carbons (Fsp3) is 0.538. The average Bonchev–Trinajstić information content (AvgIpc) is 2.75. The van der Waals surface area contributed by atoms with Gasteiger partial charge in [0.05, 0.1) is 19.8 Å². The van der Waals surface area contributed by atoms with E-state index >= 15 is 0 Å². The monoisotopic (exact) mass is 465 g/mol. The summed E-state index contributed by atoms with van der Waals surface area (Å²) in [5.41, 5.74) is 2.62. The second-order valence-corrected chi connectivity index (χ2v) is 8.96. The number of ether oxygens (including phenoxy) is 2. The Labute approximate surface area is 197 Å². The first-order valence-corrected chi connectivity index (χ1v) is 11.3. The molecule has 1 aliphatic carbocycles. The van der Waals surface area contributed by atoms with Gasteiger partial charge in [-0.3, -0.25) is 0 Å². The Kier molecular flexibility index (Phi) is 9.81. The molecule has 2 atom stereocenters. The van der Waals surface area contributed by atoms with Crippen LogP contribution < -0.4 is 14.8 Å². The largest absolute Gasteiger partial charge is 0.493 e. The van der Waals surface area contributed by atoms with Crippen LogP contribution in [0.5, 0.6) is 11.5 Å². The van der Waals surface area contributed by atoms with Crippen molar-refractivity contribution in [2.75, 3.05) is 27.3 Å². The second kappa shape index (κ2) is 11.9. The summed E-state index contributed by atoms with van der Waals surface area (Å²) in [6, 6.07) is 11.1. The molecular weight excluding hydrogens is 429 g/mol. The first kappa shape index (κ1) is 26.4. The van der Waals surface area contributed by atoms with Crippen molar-refractivity contribution in [2.24, 2.45) is 5.92 Å². The van der Waals surface area contributed by atoms with E-state index in [0.29, 0.717) is 18.8 Å². The maximum absolute atomic E-state index is 13.7. The summed E-state index contributed by atoms with van der Waals surface area (Å²) in [7, 11) is 3.29. The second-order valence-electron chi connectivity index (χ2n) is 8.96. The van der Waals surface area contributed by atoms with E-state index in [1.54, 1.807) is 20.3 Å². The Morgan fingerprint density at radius 3 is 2.53 bits per heavy atom. The lowest BCUT2D eigenvalue weighted by molar-refractivity contribution is -0.0241. The Morgan fingerprint density at radius 1 is 1.09 bits per heavy atom. The molecule has 2 aromatic rings. The van der Waals surface area contributed by atoms with Gasteiger partial charge in [0.1, 0.15) is 5.82 Å². The summed E-state index contributed by atoms with van der Waals surface area (Å²) < 4.78 is 24.3. The Hall–Kier alpha value is -1.82. The highest BCUT2D eigenvalue weighted by molar-refractivity contribution is 5.85. The van der Waals surface area contributed by atoms with E-state index in [2.05, 4.69) is 25.2 Å². The molecule has 0 saturated heterocycles. The van der Waals surface area contributed by atoms with Crippen molar-refractivity contribution in [1.29, 1.82) is 0 Å². The summed E-state index contributed by atoms with van der Waals surface area (Å²) in [6.45, 7) is 5.94. The molecule has 0 saturated carbocycles. The zero-order valence-corrected chi connectivity index (χ0v) is 20.4. The van der Waals surface area contributed by atoms with Gasteiger partial charge in [0.2, 0.25) is 0 Å². The van der Waals surface area contributed by atoms with Crippen LogP contribution in [0.4, 0.5) is 4.39 Å². The molecule has 3 rings (SSSR count). The number of hydrogen-bond acceptors (Lipinski definition) is 4. The molecule has 0 aliphatic heterocycles. The minimum Gasteiger partial charge on any atom is -0.493 e. The molecule has 0 aromatic heterocycles. The molecule has 0 heterocycles. The molecular formula is C26H37ClFNO3. The number of halogens is 2. The Balaban J connectivity index is 0.00000363. The number of fused-ring (bicyclic) bond motifs is 1. The van der Waals surface area contributed by atoms with Crippen LogP contribution >= 0.6 is 12.4 Å². The van der Waals surface area contributed by atoms with Gasteiger partial charge >= 0.3 is 0 Å². The fourth-order valence-corrected chi connectivity index (χ4v) is 5.03. The van der Waals surface area contributed by atoms with Crippen molar-refractivity contribution >= 4 is 12.4 Å². The average molecular weight is 466 g/mol. The highest BCUT2D eigenvalue weighted by Gasteiger charge is 2.42. The van der Waals surface area contributed by atoms with Gasteiger partial charge in [0.15, 0.2) is 11.5 Å². The number of rotatable bonds is 10. The smallest absolute Gasteiger partial charge is 0.160 e. The van der Waals surface area contributed by atoms with E-state index < -0.39 is 5.60 Å².